The Morgan fingerprint density at radius 1 is 1.27 bits per heavy atom. The summed E-state index contributed by atoms with van der Waals surface area (Å²) < 4.78 is 1.93. The monoisotopic (exact) mass is 339 g/mol. The van der Waals surface area contributed by atoms with E-state index in [0.717, 1.165) is 22.0 Å². The van der Waals surface area contributed by atoms with E-state index >= 15 is 0 Å². The first-order valence-electron chi connectivity index (χ1n) is 8.13. The molecule has 3 rings (SSSR count). The van der Waals surface area contributed by atoms with Crippen LogP contribution >= 0.6 is 0 Å². The van der Waals surface area contributed by atoms with Crippen molar-refractivity contribution in [2.75, 3.05) is 5.32 Å². The zero-order valence-electron chi connectivity index (χ0n) is 14.4. The smallest absolute Gasteiger partial charge is 0.266 e. The van der Waals surface area contributed by atoms with E-state index in [-0.39, 0.29) is 5.57 Å². The number of carbonyl (C=O) groups is 1. The van der Waals surface area contributed by atoms with Crippen LogP contribution in [0.1, 0.15) is 11.1 Å². The fourth-order valence-electron chi connectivity index (χ4n) is 2.84. The van der Waals surface area contributed by atoms with Gasteiger partial charge in [-0.1, -0.05) is 36.3 Å². The lowest BCUT2D eigenvalue weighted by molar-refractivity contribution is -0.112. The summed E-state index contributed by atoms with van der Waals surface area (Å²) in [5, 5.41) is 13.2. The molecular weight excluding hydrogens is 322 g/mol. The molecule has 126 valence electrons. The van der Waals surface area contributed by atoms with Gasteiger partial charge in [0.25, 0.3) is 5.91 Å². The van der Waals surface area contributed by atoms with E-state index in [9.17, 15) is 10.1 Å². The number of terminal acetylenes is 1. The Hall–Kier alpha value is -3.76. The van der Waals surface area contributed by atoms with Crippen molar-refractivity contribution in [2.24, 2.45) is 0 Å². The van der Waals surface area contributed by atoms with Gasteiger partial charge in [-0.2, -0.15) is 5.26 Å². The molecule has 1 heterocycles. The van der Waals surface area contributed by atoms with E-state index in [4.69, 9.17) is 6.42 Å². The van der Waals surface area contributed by atoms with Crippen LogP contribution in [0.3, 0.4) is 0 Å². The van der Waals surface area contributed by atoms with Gasteiger partial charge in [0.15, 0.2) is 0 Å². The van der Waals surface area contributed by atoms with Crippen molar-refractivity contribution in [3.63, 3.8) is 0 Å². The normalized spacial score (nSPS) is 11.0. The lowest BCUT2D eigenvalue weighted by atomic mass is 10.1. The van der Waals surface area contributed by atoms with Crippen molar-refractivity contribution < 1.29 is 4.79 Å². The van der Waals surface area contributed by atoms with Gasteiger partial charge in [0.05, 0.1) is 6.54 Å². The number of aryl methyl sites for hydroxylation is 1. The van der Waals surface area contributed by atoms with Crippen LogP contribution in [0.5, 0.6) is 0 Å². The molecule has 0 fully saturated rings. The molecule has 1 aromatic heterocycles. The molecule has 0 atom stereocenters. The number of nitriles is 1. The molecule has 0 aliphatic carbocycles. The second kappa shape index (κ2) is 7.42. The van der Waals surface area contributed by atoms with E-state index < -0.39 is 5.91 Å². The quantitative estimate of drug-likeness (QED) is 0.441. The highest BCUT2D eigenvalue weighted by Gasteiger charge is 2.12. The number of hydrogen-bond acceptors (Lipinski definition) is 2. The van der Waals surface area contributed by atoms with Crippen molar-refractivity contribution >= 4 is 28.6 Å². The minimum atomic E-state index is -0.438. The Bertz CT molecular complexity index is 1090. The van der Waals surface area contributed by atoms with E-state index in [2.05, 4.69) is 11.2 Å². The SMILES string of the molecule is C#CCn1cc(/C=C(/C#N)C(=O)Nc2cccc(C)c2)c2ccccc21. The van der Waals surface area contributed by atoms with Gasteiger partial charge in [-0.05, 0) is 36.8 Å². The van der Waals surface area contributed by atoms with Gasteiger partial charge in [-0.25, -0.2) is 0 Å². The molecule has 1 amide bonds. The Morgan fingerprint density at radius 2 is 2.08 bits per heavy atom. The molecule has 0 aliphatic rings. The summed E-state index contributed by atoms with van der Waals surface area (Å²) in [6.45, 7) is 2.36. The maximum absolute atomic E-state index is 12.5. The molecule has 4 heteroatoms. The summed E-state index contributed by atoms with van der Waals surface area (Å²) in [6.07, 6.45) is 8.89. The Morgan fingerprint density at radius 3 is 2.81 bits per heavy atom. The van der Waals surface area contributed by atoms with Gasteiger partial charge in [0.2, 0.25) is 0 Å². The number of carbonyl (C=O) groups excluding carboxylic acids is 1. The molecular formula is C22H17N3O. The zero-order chi connectivity index (χ0) is 18.5. The largest absolute Gasteiger partial charge is 0.335 e. The third kappa shape index (κ3) is 3.50. The van der Waals surface area contributed by atoms with Crippen molar-refractivity contribution in [3.05, 3.63) is 71.4 Å². The number of fused-ring (bicyclic) bond motifs is 1. The summed E-state index contributed by atoms with van der Waals surface area (Å²) in [7, 11) is 0. The first kappa shape index (κ1) is 17.1. The van der Waals surface area contributed by atoms with Crippen LogP contribution in [0.2, 0.25) is 0 Å². The molecule has 26 heavy (non-hydrogen) atoms. The van der Waals surface area contributed by atoms with E-state index in [0.29, 0.717) is 12.2 Å². The van der Waals surface area contributed by atoms with Crippen LogP contribution in [0.15, 0.2) is 60.3 Å². The number of para-hydroxylation sites is 1. The predicted molar refractivity (Wildman–Crippen MR) is 104 cm³/mol. The van der Waals surface area contributed by atoms with Gasteiger partial charge in [0, 0.05) is 28.4 Å². The van der Waals surface area contributed by atoms with Crippen LogP contribution in [0.4, 0.5) is 5.69 Å². The molecule has 0 saturated carbocycles. The number of amides is 1. The topological polar surface area (TPSA) is 57.8 Å². The third-order valence-electron chi connectivity index (χ3n) is 4.02. The fourth-order valence-corrected chi connectivity index (χ4v) is 2.84. The van der Waals surface area contributed by atoms with Gasteiger partial charge in [-0.3, -0.25) is 4.79 Å². The summed E-state index contributed by atoms with van der Waals surface area (Å²) in [5.41, 5.74) is 3.48. The molecule has 4 nitrogen and oxygen atoms in total. The highest BCUT2D eigenvalue weighted by Crippen LogP contribution is 2.24. The van der Waals surface area contributed by atoms with Crippen LogP contribution < -0.4 is 5.32 Å². The van der Waals surface area contributed by atoms with Gasteiger partial charge in [-0.15, -0.1) is 6.42 Å². The van der Waals surface area contributed by atoms with Crippen LogP contribution in [-0.4, -0.2) is 10.5 Å². The highest BCUT2D eigenvalue weighted by atomic mass is 16.1. The summed E-state index contributed by atoms with van der Waals surface area (Å²) in [5.74, 6) is 2.18. The minimum absolute atomic E-state index is 0.0371. The number of hydrogen-bond donors (Lipinski definition) is 1. The summed E-state index contributed by atoms with van der Waals surface area (Å²) in [4.78, 5) is 12.5. The molecule has 3 aromatic rings. The number of benzene rings is 2. The number of nitrogens with one attached hydrogen (secondary N) is 1. The average Bonchev–Trinajstić information content (AvgIpc) is 2.98. The Labute approximate surface area is 152 Å². The van der Waals surface area contributed by atoms with Crippen molar-refractivity contribution in [1.29, 1.82) is 5.26 Å². The highest BCUT2D eigenvalue weighted by molar-refractivity contribution is 6.10. The standard InChI is InChI=1S/C22H17N3O/c1-3-11-25-15-18(20-9-4-5-10-21(20)25)13-17(14-23)22(26)24-19-8-6-7-16(2)12-19/h1,4-10,12-13,15H,11H2,2H3,(H,24,26)/b17-13-. The Kier molecular flexibility index (Phi) is 4.87. The minimum Gasteiger partial charge on any atom is -0.335 e. The molecule has 0 saturated heterocycles. The van der Waals surface area contributed by atoms with Gasteiger partial charge in [0.1, 0.15) is 11.6 Å². The first-order valence-corrected chi connectivity index (χ1v) is 8.13. The number of nitrogens with zero attached hydrogens (tertiary/aromatic N) is 2. The van der Waals surface area contributed by atoms with Crippen molar-refractivity contribution in [2.45, 2.75) is 13.5 Å². The van der Waals surface area contributed by atoms with Gasteiger partial charge >= 0.3 is 0 Å². The summed E-state index contributed by atoms with van der Waals surface area (Å²) in [6, 6.07) is 17.2. The van der Waals surface area contributed by atoms with Crippen LogP contribution in [0.25, 0.3) is 17.0 Å². The average molecular weight is 339 g/mol. The first-order chi connectivity index (χ1) is 12.6. The number of aromatic nitrogens is 1. The maximum Gasteiger partial charge on any atom is 0.266 e. The van der Waals surface area contributed by atoms with Crippen LogP contribution in [0, 0.1) is 30.6 Å². The molecule has 0 unspecified atom stereocenters. The number of rotatable bonds is 4. The van der Waals surface area contributed by atoms with E-state index in [1.807, 2.05) is 66.2 Å². The Balaban J connectivity index is 1.97. The zero-order valence-corrected chi connectivity index (χ0v) is 14.4. The molecule has 2 aromatic carbocycles. The molecule has 0 bridgehead atoms. The molecule has 0 spiro atoms. The lowest BCUT2D eigenvalue weighted by Crippen LogP contribution is -2.13. The fraction of sp³-hybridized carbons (Fsp3) is 0.0909. The molecule has 0 radical (unpaired) electrons. The second-order valence-corrected chi connectivity index (χ2v) is 5.93. The lowest BCUT2D eigenvalue weighted by Gasteiger charge is -2.05. The second-order valence-electron chi connectivity index (χ2n) is 5.93. The van der Waals surface area contributed by atoms with Crippen molar-refractivity contribution in [3.8, 4) is 18.4 Å². The predicted octanol–water partition coefficient (Wildman–Crippen LogP) is 4.13. The molecule has 1 N–H and O–H groups in total. The van der Waals surface area contributed by atoms with Crippen molar-refractivity contribution in [1.82, 2.24) is 4.57 Å². The maximum atomic E-state index is 12.5. The van der Waals surface area contributed by atoms with E-state index in [1.54, 1.807) is 12.1 Å². The third-order valence-corrected chi connectivity index (χ3v) is 4.02. The van der Waals surface area contributed by atoms with E-state index in [1.165, 1.54) is 0 Å². The van der Waals surface area contributed by atoms with Gasteiger partial charge < -0.3 is 9.88 Å². The van der Waals surface area contributed by atoms with Crippen LogP contribution in [-0.2, 0) is 11.3 Å². The number of anilines is 1. The molecule has 0 aliphatic heterocycles. The summed E-state index contributed by atoms with van der Waals surface area (Å²) >= 11 is 0.